The zero-order valence-corrected chi connectivity index (χ0v) is 20.7. The van der Waals surface area contributed by atoms with Gasteiger partial charge in [-0.15, -0.1) is 0 Å². The molecule has 2 saturated heterocycles. The first kappa shape index (κ1) is 23.1. The summed E-state index contributed by atoms with van der Waals surface area (Å²) in [4.78, 5) is 31.1. The fraction of sp³-hybridized carbons (Fsp3) is 0.583. The Bertz CT molecular complexity index is 1080. The van der Waals surface area contributed by atoms with E-state index in [9.17, 15) is 14.9 Å². The molecule has 1 atom stereocenters. The second-order valence-corrected chi connectivity index (χ2v) is 10.8. The minimum Gasteiger partial charge on any atom is -0.357 e. The molecule has 1 aromatic rings. The molecule has 170 valence electrons. The number of nitriles is 1. The number of hydrogen-bond donors (Lipinski definition) is 0. The smallest absolute Gasteiger partial charge is 0.270 e. The topological polar surface area (TPSA) is 69.3 Å². The highest BCUT2D eigenvalue weighted by molar-refractivity contribution is 8.26. The predicted molar refractivity (Wildman–Crippen MR) is 134 cm³/mol. The molecule has 3 fully saturated rings. The van der Waals surface area contributed by atoms with E-state index in [0.717, 1.165) is 63.0 Å². The Hall–Kier alpha value is -2.11. The fourth-order valence-corrected chi connectivity index (χ4v) is 6.63. The molecular weight excluding hydrogens is 440 g/mol. The van der Waals surface area contributed by atoms with Crippen LogP contribution in [0.4, 0.5) is 5.82 Å². The molecule has 2 aliphatic heterocycles. The molecule has 0 bridgehead atoms. The van der Waals surface area contributed by atoms with Crippen LogP contribution in [-0.4, -0.2) is 38.8 Å². The van der Waals surface area contributed by atoms with Crippen LogP contribution in [0.3, 0.4) is 0 Å². The Morgan fingerprint density at radius 2 is 1.94 bits per heavy atom. The van der Waals surface area contributed by atoms with Crippen molar-refractivity contribution in [1.29, 1.82) is 5.26 Å². The molecule has 0 aromatic carbocycles. The van der Waals surface area contributed by atoms with E-state index in [1.807, 2.05) is 19.9 Å². The lowest BCUT2D eigenvalue weighted by atomic mass is 9.98. The Balaban J connectivity index is 1.86. The Kier molecular flexibility index (Phi) is 6.78. The molecule has 6 nitrogen and oxygen atoms in total. The van der Waals surface area contributed by atoms with Crippen LogP contribution in [0.1, 0.15) is 69.1 Å². The summed E-state index contributed by atoms with van der Waals surface area (Å²) in [6.07, 6.45) is 8.35. The van der Waals surface area contributed by atoms with Gasteiger partial charge in [-0.3, -0.25) is 19.1 Å². The summed E-state index contributed by atoms with van der Waals surface area (Å²) in [5, 5.41) is 9.73. The molecule has 1 aliphatic carbocycles. The van der Waals surface area contributed by atoms with Crippen molar-refractivity contribution in [3.63, 3.8) is 0 Å². The second kappa shape index (κ2) is 9.40. The van der Waals surface area contributed by atoms with Crippen LogP contribution in [-0.2, 0) is 11.3 Å². The highest BCUT2D eigenvalue weighted by Crippen LogP contribution is 2.39. The normalized spacial score (nSPS) is 23.4. The SMILES string of the molecule is CCn1c(N2CCCC(C)C2)c(C=C2SC(=S)N(C3CCCC3)C2=O)c(C)c(C#N)c1=O. The highest BCUT2D eigenvalue weighted by Gasteiger charge is 2.38. The summed E-state index contributed by atoms with van der Waals surface area (Å²) < 4.78 is 2.32. The number of anilines is 1. The number of rotatable bonds is 4. The Morgan fingerprint density at radius 1 is 1.22 bits per heavy atom. The quantitative estimate of drug-likeness (QED) is 0.479. The van der Waals surface area contributed by atoms with Crippen molar-refractivity contribution in [2.75, 3.05) is 18.0 Å². The van der Waals surface area contributed by atoms with Crippen molar-refractivity contribution in [2.24, 2.45) is 5.92 Å². The molecule has 3 heterocycles. The zero-order valence-electron chi connectivity index (χ0n) is 19.0. The molecule has 1 unspecified atom stereocenters. The van der Waals surface area contributed by atoms with Crippen LogP contribution in [0.2, 0.25) is 0 Å². The van der Waals surface area contributed by atoms with Crippen molar-refractivity contribution < 1.29 is 4.79 Å². The molecule has 1 amide bonds. The first-order valence-electron chi connectivity index (χ1n) is 11.6. The molecule has 4 rings (SSSR count). The van der Waals surface area contributed by atoms with Crippen LogP contribution >= 0.6 is 24.0 Å². The Morgan fingerprint density at radius 3 is 2.56 bits per heavy atom. The minimum absolute atomic E-state index is 0.0444. The third-order valence-electron chi connectivity index (χ3n) is 6.91. The van der Waals surface area contributed by atoms with Gasteiger partial charge in [0.1, 0.15) is 21.8 Å². The number of hydrogen-bond acceptors (Lipinski definition) is 6. The van der Waals surface area contributed by atoms with Gasteiger partial charge in [0.25, 0.3) is 11.5 Å². The molecule has 32 heavy (non-hydrogen) atoms. The monoisotopic (exact) mass is 470 g/mol. The highest BCUT2D eigenvalue weighted by atomic mass is 32.2. The molecule has 1 aromatic heterocycles. The lowest BCUT2D eigenvalue weighted by Gasteiger charge is -2.35. The molecule has 0 N–H and O–H groups in total. The number of nitrogens with zero attached hydrogens (tertiary/aromatic N) is 4. The largest absolute Gasteiger partial charge is 0.357 e. The van der Waals surface area contributed by atoms with E-state index in [2.05, 4.69) is 17.9 Å². The molecule has 8 heteroatoms. The third kappa shape index (κ3) is 4.01. The van der Waals surface area contributed by atoms with E-state index in [1.54, 1.807) is 9.47 Å². The summed E-state index contributed by atoms with van der Waals surface area (Å²) in [6.45, 7) is 8.16. The number of amides is 1. The van der Waals surface area contributed by atoms with Crippen LogP contribution < -0.4 is 10.5 Å². The van der Waals surface area contributed by atoms with E-state index in [4.69, 9.17) is 12.2 Å². The second-order valence-electron chi connectivity index (χ2n) is 9.08. The molecular formula is C24H30N4O2S2. The van der Waals surface area contributed by atoms with Crippen LogP contribution in [0.15, 0.2) is 9.70 Å². The summed E-state index contributed by atoms with van der Waals surface area (Å²) in [6, 6.07) is 2.30. The number of pyridine rings is 1. The van der Waals surface area contributed by atoms with Crippen molar-refractivity contribution in [1.82, 2.24) is 9.47 Å². The van der Waals surface area contributed by atoms with Gasteiger partial charge in [0, 0.05) is 31.2 Å². The Labute approximate surface area is 199 Å². The maximum absolute atomic E-state index is 13.3. The average Bonchev–Trinajstić information content (AvgIpc) is 3.38. The van der Waals surface area contributed by atoms with Gasteiger partial charge in [0.15, 0.2) is 0 Å². The summed E-state index contributed by atoms with van der Waals surface area (Å²) in [5.74, 6) is 1.30. The standard InChI is InChI=1S/C24H30N4O2S2/c1-4-27-21(26-11-7-8-15(2)14-26)18(16(3)19(13-25)22(27)29)12-20-23(30)28(24(31)32-20)17-9-5-6-10-17/h12,15,17H,4-11,14H2,1-3H3. The number of thiocarbonyl (C=S) groups is 1. The van der Waals surface area contributed by atoms with Gasteiger partial charge in [-0.25, -0.2) is 0 Å². The number of piperidine rings is 1. The van der Waals surface area contributed by atoms with E-state index in [1.165, 1.54) is 11.8 Å². The van der Waals surface area contributed by atoms with Crippen molar-refractivity contribution >= 4 is 46.1 Å². The van der Waals surface area contributed by atoms with Crippen molar-refractivity contribution in [3.8, 4) is 6.07 Å². The zero-order chi connectivity index (χ0) is 23.0. The first-order valence-corrected chi connectivity index (χ1v) is 12.8. The van der Waals surface area contributed by atoms with Gasteiger partial charge in [0.05, 0.1) is 4.91 Å². The van der Waals surface area contributed by atoms with Crippen molar-refractivity contribution in [2.45, 2.75) is 71.9 Å². The lowest BCUT2D eigenvalue weighted by molar-refractivity contribution is -0.123. The molecule has 1 saturated carbocycles. The summed E-state index contributed by atoms with van der Waals surface area (Å²) in [7, 11) is 0. The van der Waals surface area contributed by atoms with Gasteiger partial charge in [0.2, 0.25) is 0 Å². The minimum atomic E-state index is -0.253. The number of thioether (sulfide) groups is 1. The van der Waals surface area contributed by atoms with E-state index < -0.39 is 0 Å². The maximum atomic E-state index is 13.3. The van der Waals surface area contributed by atoms with Gasteiger partial charge >= 0.3 is 0 Å². The number of carbonyl (C=O) groups excluding carboxylic acids is 1. The van der Waals surface area contributed by atoms with E-state index in [0.29, 0.717) is 27.3 Å². The maximum Gasteiger partial charge on any atom is 0.270 e. The predicted octanol–water partition coefficient (Wildman–Crippen LogP) is 4.43. The van der Waals surface area contributed by atoms with Crippen molar-refractivity contribution in [3.05, 3.63) is 31.9 Å². The van der Waals surface area contributed by atoms with E-state index >= 15 is 0 Å². The summed E-state index contributed by atoms with van der Waals surface area (Å²) >= 11 is 6.92. The van der Waals surface area contributed by atoms with Crippen LogP contribution in [0.25, 0.3) is 6.08 Å². The van der Waals surface area contributed by atoms with Gasteiger partial charge < -0.3 is 4.90 Å². The third-order valence-corrected chi connectivity index (χ3v) is 8.24. The van der Waals surface area contributed by atoms with Crippen LogP contribution in [0, 0.1) is 24.2 Å². The van der Waals surface area contributed by atoms with Gasteiger partial charge in [-0.1, -0.05) is 43.7 Å². The van der Waals surface area contributed by atoms with Gasteiger partial charge in [-0.2, -0.15) is 5.26 Å². The first-order chi connectivity index (χ1) is 15.4. The number of carbonyl (C=O) groups is 1. The van der Waals surface area contributed by atoms with Gasteiger partial charge in [-0.05, 0) is 57.1 Å². The van der Waals surface area contributed by atoms with Crippen LogP contribution in [0.5, 0.6) is 0 Å². The molecule has 0 spiro atoms. The number of aromatic nitrogens is 1. The lowest BCUT2D eigenvalue weighted by Crippen LogP contribution is -2.40. The fourth-order valence-electron chi connectivity index (χ4n) is 5.25. The average molecular weight is 471 g/mol. The van der Waals surface area contributed by atoms with E-state index in [-0.39, 0.29) is 23.1 Å². The summed E-state index contributed by atoms with van der Waals surface area (Å²) in [5.41, 5.74) is 1.33. The molecule has 3 aliphatic rings. The molecule has 0 radical (unpaired) electrons.